The van der Waals surface area contributed by atoms with Gasteiger partial charge in [0.2, 0.25) is 0 Å². The second-order valence-electron chi connectivity index (χ2n) is 7.12. The van der Waals surface area contributed by atoms with Gasteiger partial charge in [-0.1, -0.05) is 60.7 Å². The first-order chi connectivity index (χ1) is 16.4. The van der Waals surface area contributed by atoms with E-state index in [-0.39, 0.29) is 65.7 Å². The van der Waals surface area contributed by atoms with Gasteiger partial charge in [-0.2, -0.15) is 0 Å². The molecule has 0 aliphatic heterocycles. The van der Waals surface area contributed by atoms with Crippen molar-refractivity contribution in [2.24, 2.45) is 0 Å². The molecule has 0 saturated carbocycles. The van der Waals surface area contributed by atoms with Crippen LogP contribution in [0, 0.1) is 0 Å². The van der Waals surface area contributed by atoms with Crippen LogP contribution >= 0.6 is 0 Å². The number of aliphatic hydroxyl groups is 2. The number of aliphatic hydroxyl groups excluding tert-OH is 2. The molecular formula is C26H28N2O10Zn. The van der Waals surface area contributed by atoms with E-state index in [4.69, 9.17) is 10.2 Å². The fourth-order valence-corrected chi connectivity index (χ4v) is 2.98. The molecule has 0 saturated heterocycles. The molecule has 13 heteroatoms. The number of hydrogen-bond acceptors (Lipinski definition) is 8. The van der Waals surface area contributed by atoms with Gasteiger partial charge in [-0.25, -0.2) is 0 Å². The molecule has 0 amide bonds. The SMILES string of the molecule is O.O.O.O.O=C([O-])c1ccc(-c2ccc(CO)nc2)cc1.O=C([O-])c1ccc(-c2ccc(CO)nc2)cc1.[Zn+2]. The average molecular weight is 594 g/mol. The number of benzene rings is 2. The zero-order chi connectivity index (χ0) is 24.5. The van der Waals surface area contributed by atoms with Gasteiger partial charge >= 0.3 is 19.5 Å². The van der Waals surface area contributed by atoms with Gasteiger partial charge < -0.3 is 51.9 Å². The summed E-state index contributed by atoms with van der Waals surface area (Å²) in [5.74, 6) is -2.38. The molecule has 4 aromatic rings. The second-order valence-corrected chi connectivity index (χ2v) is 7.12. The van der Waals surface area contributed by atoms with Crippen LogP contribution in [0.4, 0.5) is 0 Å². The van der Waals surface area contributed by atoms with Gasteiger partial charge in [-0.3, -0.25) is 9.97 Å². The van der Waals surface area contributed by atoms with Crippen LogP contribution in [0.15, 0.2) is 85.2 Å². The monoisotopic (exact) mass is 592 g/mol. The average Bonchev–Trinajstić information content (AvgIpc) is 2.89. The fourth-order valence-electron chi connectivity index (χ4n) is 2.98. The van der Waals surface area contributed by atoms with Gasteiger partial charge in [0.05, 0.1) is 36.5 Å². The maximum absolute atomic E-state index is 10.6. The van der Waals surface area contributed by atoms with Crippen molar-refractivity contribution in [1.29, 1.82) is 0 Å². The van der Waals surface area contributed by atoms with Crippen LogP contribution in [-0.2, 0) is 32.7 Å². The zero-order valence-corrected chi connectivity index (χ0v) is 23.6. The number of nitrogens with zero attached hydrogens (tertiary/aromatic N) is 2. The largest absolute Gasteiger partial charge is 2.00 e. The minimum absolute atomic E-state index is 0. The van der Waals surface area contributed by atoms with Crippen LogP contribution in [-0.4, -0.2) is 54.0 Å². The Balaban J connectivity index is -0.000000589. The van der Waals surface area contributed by atoms with Crippen molar-refractivity contribution in [3.8, 4) is 22.3 Å². The van der Waals surface area contributed by atoms with E-state index < -0.39 is 11.9 Å². The minimum atomic E-state index is -1.19. The second kappa shape index (κ2) is 19.2. The number of rotatable bonds is 6. The van der Waals surface area contributed by atoms with E-state index in [1.165, 1.54) is 24.3 Å². The topological polar surface area (TPSA) is 272 Å². The van der Waals surface area contributed by atoms with Crippen molar-refractivity contribution in [2.75, 3.05) is 0 Å². The third-order valence-electron chi connectivity index (χ3n) is 4.88. The number of pyridine rings is 2. The summed E-state index contributed by atoms with van der Waals surface area (Å²) in [6.07, 6.45) is 3.28. The van der Waals surface area contributed by atoms with Gasteiger partial charge in [0, 0.05) is 23.5 Å². The third kappa shape index (κ3) is 11.1. The summed E-state index contributed by atoms with van der Waals surface area (Å²) in [7, 11) is 0. The fraction of sp³-hybridized carbons (Fsp3) is 0.0769. The van der Waals surface area contributed by atoms with E-state index in [0.29, 0.717) is 11.4 Å². The van der Waals surface area contributed by atoms with Crippen molar-refractivity contribution in [2.45, 2.75) is 13.2 Å². The molecular weight excluding hydrogens is 566 g/mol. The molecule has 2 heterocycles. The van der Waals surface area contributed by atoms with Gasteiger partial charge in [0.1, 0.15) is 0 Å². The number of carboxylic acid groups (broad SMARTS) is 2. The van der Waals surface area contributed by atoms with Crippen LogP contribution in [0.5, 0.6) is 0 Å². The maximum Gasteiger partial charge on any atom is 2.00 e. The Morgan fingerprint density at radius 2 is 0.821 bits per heavy atom. The molecule has 2 aromatic carbocycles. The number of carboxylic acids is 2. The first kappa shape index (κ1) is 39.6. The molecule has 0 spiro atoms. The van der Waals surface area contributed by atoms with E-state index in [1.54, 1.807) is 48.8 Å². The van der Waals surface area contributed by atoms with Crippen molar-refractivity contribution in [1.82, 2.24) is 9.97 Å². The van der Waals surface area contributed by atoms with Crippen molar-refractivity contribution in [3.63, 3.8) is 0 Å². The predicted molar refractivity (Wildman–Crippen MR) is 134 cm³/mol. The van der Waals surface area contributed by atoms with Crippen molar-refractivity contribution in [3.05, 3.63) is 108 Å². The van der Waals surface area contributed by atoms with Crippen molar-refractivity contribution >= 4 is 11.9 Å². The quantitative estimate of drug-likeness (QED) is 0.233. The van der Waals surface area contributed by atoms with E-state index in [0.717, 1.165) is 22.3 Å². The zero-order valence-electron chi connectivity index (χ0n) is 20.6. The smallest absolute Gasteiger partial charge is 0.545 e. The summed E-state index contributed by atoms with van der Waals surface area (Å²) in [6.45, 7) is -0.187. The number of hydrogen-bond donors (Lipinski definition) is 2. The Hall–Kier alpha value is -3.94. The molecule has 0 unspecified atom stereocenters. The maximum atomic E-state index is 10.6. The molecule has 0 atom stereocenters. The summed E-state index contributed by atoms with van der Waals surface area (Å²) in [5.41, 5.74) is 4.96. The molecule has 12 nitrogen and oxygen atoms in total. The molecule has 0 fully saturated rings. The Labute approximate surface area is 236 Å². The number of aromatic nitrogens is 2. The normalized spacial score (nSPS) is 8.87. The van der Waals surface area contributed by atoms with Crippen molar-refractivity contribution < 1.29 is 71.4 Å². The Kier molecular flexibility index (Phi) is 19.5. The van der Waals surface area contributed by atoms with Gasteiger partial charge in [-0.15, -0.1) is 0 Å². The van der Waals surface area contributed by atoms with E-state index in [1.807, 2.05) is 12.1 Å². The van der Waals surface area contributed by atoms with Gasteiger partial charge in [0.25, 0.3) is 0 Å². The number of aromatic carboxylic acids is 2. The first-order valence-corrected chi connectivity index (χ1v) is 10.2. The third-order valence-corrected chi connectivity index (χ3v) is 4.88. The van der Waals surface area contributed by atoms with Crippen LogP contribution in [0.25, 0.3) is 22.3 Å². The van der Waals surface area contributed by atoms with Crippen LogP contribution in [0.3, 0.4) is 0 Å². The Bertz CT molecular complexity index is 1150. The summed E-state index contributed by atoms with van der Waals surface area (Å²) < 4.78 is 0. The van der Waals surface area contributed by atoms with Crippen LogP contribution < -0.4 is 10.2 Å². The van der Waals surface area contributed by atoms with E-state index in [2.05, 4.69) is 9.97 Å². The molecule has 0 bridgehead atoms. The molecule has 10 N–H and O–H groups in total. The molecule has 0 aliphatic carbocycles. The Morgan fingerprint density at radius 3 is 1.03 bits per heavy atom. The molecule has 2 aromatic heterocycles. The summed E-state index contributed by atoms with van der Waals surface area (Å²) in [4.78, 5) is 29.3. The number of carbonyl (C=O) groups excluding carboxylic acids is 2. The molecule has 4 rings (SSSR count). The summed E-state index contributed by atoms with van der Waals surface area (Å²) >= 11 is 0. The molecule has 204 valence electrons. The molecule has 0 aliphatic rings. The molecule has 39 heavy (non-hydrogen) atoms. The van der Waals surface area contributed by atoms with Gasteiger partial charge in [-0.05, 0) is 34.4 Å². The van der Waals surface area contributed by atoms with Crippen LogP contribution in [0.1, 0.15) is 32.1 Å². The van der Waals surface area contributed by atoms with E-state index >= 15 is 0 Å². The Morgan fingerprint density at radius 1 is 0.538 bits per heavy atom. The molecule has 0 radical (unpaired) electrons. The summed E-state index contributed by atoms with van der Waals surface area (Å²) in [6, 6.07) is 19.8. The first-order valence-electron chi connectivity index (χ1n) is 10.2. The predicted octanol–water partition coefficient (Wildman–Crippen LogP) is -2.09. The standard InChI is InChI=1S/2C13H11NO3.4H2O.Zn/c2*15-8-12-6-5-11(7-14-12)9-1-3-10(4-2-9)13(16)17;;;;;/h2*1-7,15H,8H2,(H,16,17);4*1H2;/q;;;;;;+2/p-2. The van der Waals surface area contributed by atoms with E-state index in [9.17, 15) is 19.8 Å². The minimum Gasteiger partial charge on any atom is -0.545 e. The van der Waals surface area contributed by atoms with Gasteiger partial charge in [0.15, 0.2) is 0 Å². The summed E-state index contributed by atoms with van der Waals surface area (Å²) in [5, 5.41) is 38.9. The van der Waals surface area contributed by atoms with Crippen LogP contribution in [0.2, 0.25) is 0 Å². The number of carbonyl (C=O) groups is 2.